The molecule has 3 aromatic carbocycles. The number of hydrogen-bond acceptors (Lipinski definition) is 9. The van der Waals surface area contributed by atoms with Crippen molar-refractivity contribution in [3.05, 3.63) is 107 Å². The minimum atomic E-state index is -4.74. The lowest BCUT2D eigenvalue weighted by Gasteiger charge is -2.23. The first-order valence-corrected chi connectivity index (χ1v) is 16.7. The van der Waals surface area contributed by atoms with Gasteiger partial charge in [0.2, 0.25) is 5.28 Å². The Morgan fingerprint density at radius 2 is 1.64 bits per heavy atom. The first-order chi connectivity index (χ1) is 23.5. The number of alkyl halides is 3. The molecule has 0 aliphatic heterocycles. The summed E-state index contributed by atoms with van der Waals surface area (Å²) in [6.45, 7) is 6.36. The van der Waals surface area contributed by atoms with E-state index in [4.69, 9.17) is 9.57 Å². The predicted molar refractivity (Wildman–Crippen MR) is 173 cm³/mol. The second-order valence-electron chi connectivity index (χ2n) is 11.5. The number of hydrazine groups is 1. The summed E-state index contributed by atoms with van der Waals surface area (Å²) >= 11 is 0. The molecule has 0 aliphatic rings. The second kappa shape index (κ2) is 15.4. The number of carbonyl (C=O) groups is 2. The number of amides is 1. The number of carbonyl (C=O) groups excluding carboxylic acids is 2. The van der Waals surface area contributed by atoms with Gasteiger partial charge in [-0.3, -0.25) is 14.4 Å². The van der Waals surface area contributed by atoms with Gasteiger partial charge < -0.3 is 9.94 Å². The Morgan fingerprint density at radius 3 is 2.22 bits per heavy atom. The van der Waals surface area contributed by atoms with Gasteiger partial charge >= 0.3 is 12.1 Å². The van der Waals surface area contributed by atoms with E-state index in [2.05, 4.69) is 10.4 Å². The highest BCUT2D eigenvalue weighted by Gasteiger charge is 2.36. The maximum Gasteiger partial charge on any atom is 0.435 e. The molecule has 1 unspecified atom stereocenters. The average molecular weight is 717 g/mol. The van der Waals surface area contributed by atoms with E-state index in [0.717, 1.165) is 33.5 Å². The molecule has 1 aromatic heterocycles. The number of aryl methyl sites for hydroxylation is 1. The minimum absolute atomic E-state index is 0.0841. The lowest BCUT2D eigenvalue weighted by Crippen LogP contribution is -2.50. The summed E-state index contributed by atoms with van der Waals surface area (Å²) < 4.78 is 75.6. The number of rotatable bonds is 13. The number of ether oxygens (including phenoxy) is 1. The fraction of sp³-hybridized carbons (Fsp3) is 0.303. The SMILES string of the molecule is Cc1ccc(-c2cc(C(F)(F)F)nn2-c2ccc(S(=O)(=O)NC(=O)[C@H](Cc3ccccc3)N(C)/[N+]([O-])=N/OC(C)OC(=O)C(C)C)cc2)cc1. The molecule has 1 N–H and O–H groups in total. The molecular formula is C33H35F3N6O7S. The van der Waals surface area contributed by atoms with Crippen LogP contribution in [0.1, 0.15) is 37.6 Å². The third kappa shape index (κ3) is 9.37. The van der Waals surface area contributed by atoms with Crippen LogP contribution in [0.5, 0.6) is 0 Å². The van der Waals surface area contributed by atoms with E-state index in [1.165, 1.54) is 26.1 Å². The Labute approximate surface area is 286 Å². The molecule has 4 aromatic rings. The van der Waals surface area contributed by atoms with Gasteiger partial charge in [0.25, 0.3) is 22.2 Å². The van der Waals surface area contributed by atoms with Crippen LogP contribution in [-0.2, 0) is 41.8 Å². The van der Waals surface area contributed by atoms with Gasteiger partial charge in [-0.25, -0.2) is 17.8 Å². The zero-order valence-corrected chi connectivity index (χ0v) is 28.5. The number of nitrogens with one attached hydrogen (secondary N) is 1. The number of halogens is 3. The van der Waals surface area contributed by atoms with Crippen LogP contribution < -0.4 is 4.72 Å². The van der Waals surface area contributed by atoms with Crippen LogP contribution in [0.3, 0.4) is 0 Å². The van der Waals surface area contributed by atoms with Crippen molar-refractivity contribution in [3.63, 3.8) is 0 Å². The number of esters is 1. The summed E-state index contributed by atoms with van der Waals surface area (Å²) in [6, 6.07) is 19.4. The maximum atomic E-state index is 13.6. The summed E-state index contributed by atoms with van der Waals surface area (Å²) in [4.78, 5) is 29.7. The molecule has 2 atom stereocenters. The molecule has 17 heteroatoms. The molecule has 266 valence electrons. The van der Waals surface area contributed by atoms with Crippen LogP contribution in [0.2, 0.25) is 0 Å². The fourth-order valence-electron chi connectivity index (χ4n) is 4.51. The van der Waals surface area contributed by atoms with Crippen molar-refractivity contribution >= 4 is 21.9 Å². The van der Waals surface area contributed by atoms with Gasteiger partial charge in [-0.15, -0.1) is 5.01 Å². The molecular weight excluding hydrogens is 681 g/mol. The molecule has 1 amide bonds. The minimum Gasteiger partial charge on any atom is -0.569 e. The van der Waals surface area contributed by atoms with E-state index in [-0.39, 0.29) is 27.7 Å². The highest BCUT2D eigenvalue weighted by molar-refractivity contribution is 7.90. The number of sulfonamides is 1. The van der Waals surface area contributed by atoms with E-state index in [0.29, 0.717) is 11.1 Å². The van der Waals surface area contributed by atoms with Crippen molar-refractivity contribution < 1.29 is 45.7 Å². The van der Waals surface area contributed by atoms with Gasteiger partial charge in [0.15, 0.2) is 11.7 Å². The molecule has 0 spiro atoms. The van der Waals surface area contributed by atoms with Crippen LogP contribution in [0, 0.1) is 18.0 Å². The lowest BCUT2D eigenvalue weighted by atomic mass is 10.1. The van der Waals surface area contributed by atoms with Crippen LogP contribution in [0.25, 0.3) is 16.9 Å². The van der Waals surface area contributed by atoms with Crippen molar-refractivity contribution in [3.8, 4) is 16.9 Å². The lowest BCUT2D eigenvalue weighted by molar-refractivity contribution is -0.712. The van der Waals surface area contributed by atoms with E-state index in [1.54, 1.807) is 68.4 Å². The van der Waals surface area contributed by atoms with Gasteiger partial charge in [-0.05, 0) is 42.8 Å². The Hall–Kier alpha value is -5.45. The van der Waals surface area contributed by atoms with Gasteiger partial charge in [-0.1, -0.05) is 74.0 Å². The molecule has 13 nitrogen and oxygen atoms in total. The predicted octanol–water partition coefficient (Wildman–Crippen LogP) is 5.57. The maximum absolute atomic E-state index is 13.6. The smallest absolute Gasteiger partial charge is 0.435 e. The van der Waals surface area contributed by atoms with E-state index >= 15 is 0 Å². The quantitative estimate of drug-likeness (QED) is 0.0614. The molecule has 0 fully saturated rings. The second-order valence-corrected chi connectivity index (χ2v) is 13.2. The highest BCUT2D eigenvalue weighted by atomic mass is 32.2. The molecule has 0 bridgehead atoms. The topological polar surface area (TPSA) is 158 Å². The van der Waals surface area contributed by atoms with Crippen molar-refractivity contribution in [1.29, 1.82) is 0 Å². The summed E-state index contributed by atoms with van der Waals surface area (Å²) in [6.07, 6.45) is -6.11. The molecule has 0 saturated heterocycles. The first-order valence-electron chi connectivity index (χ1n) is 15.2. The van der Waals surface area contributed by atoms with Gasteiger partial charge in [0, 0.05) is 18.9 Å². The van der Waals surface area contributed by atoms with E-state index in [9.17, 15) is 36.4 Å². The van der Waals surface area contributed by atoms with Crippen molar-refractivity contribution in [2.45, 2.75) is 57.5 Å². The third-order valence-corrected chi connectivity index (χ3v) is 8.65. The Morgan fingerprint density at radius 1 is 1.02 bits per heavy atom. The highest BCUT2D eigenvalue weighted by Crippen LogP contribution is 2.33. The normalized spacial score (nSPS) is 13.4. The third-order valence-electron chi connectivity index (χ3n) is 7.29. The van der Waals surface area contributed by atoms with E-state index < -0.39 is 52.0 Å². The first kappa shape index (κ1) is 37.4. The van der Waals surface area contributed by atoms with Crippen molar-refractivity contribution in [1.82, 2.24) is 19.5 Å². The molecule has 50 heavy (non-hydrogen) atoms. The van der Waals surface area contributed by atoms with Gasteiger partial charge in [0.05, 0.1) is 34.2 Å². The molecule has 0 aliphatic carbocycles. The number of aromatic nitrogens is 2. The summed E-state index contributed by atoms with van der Waals surface area (Å²) in [5.74, 6) is -2.16. The summed E-state index contributed by atoms with van der Waals surface area (Å²) in [5, 5.41) is 20.7. The zero-order valence-electron chi connectivity index (χ0n) is 27.7. The van der Waals surface area contributed by atoms with Gasteiger partial charge in [-0.2, -0.15) is 18.3 Å². The van der Waals surface area contributed by atoms with Gasteiger partial charge in [0.1, 0.15) is 0 Å². The monoisotopic (exact) mass is 716 g/mol. The largest absolute Gasteiger partial charge is 0.569 e. The Balaban J connectivity index is 1.58. The number of benzene rings is 3. The van der Waals surface area contributed by atoms with E-state index in [1.807, 2.05) is 11.6 Å². The molecule has 4 rings (SSSR count). The van der Waals surface area contributed by atoms with Crippen LogP contribution in [0.15, 0.2) is 95.1 Å². The number of hydrogen-bond donors (Lipinski definition) is 1. The average Bonchev–Trinajstić information content (AvgIpc) is 3.53. The standard InChI is InChI=1S/C33H35F3N6O7S/c1-21(2)32(44)48-23(4)49-39-42(45)40(5)29(19-24-9-7-6-8-10-24)31(43)38-50(46,47)27-17-15-26(16-18-27)41-28(20-30(37-41)33(34,35)36)25-13-11-22(3)12-14-25/h6-18,20-21,23,29H,19H2,1-5H3,(H,38,43)/b42-39-/t23?,29-/m0/s1. The fourth-order valence-corrected chi connectivity index (χ4v) is 5.52. The Bertz CT molecular complexity index is 1930. The number of likely N-dealkylation sites (N-methyl/N-ethyl adjacent to an activating group) is 1. The Kier molecular flexibility index (Phi) is 11.5. The zero-order chi connectivity index (χ0) is 36.8. The number of nitrogens with zero attached hydrogens (tertiary/aromatic N) is 5. The van der Waals surface area contributed by atoms with Crippen LogP contribution in [-0.4, -0.2) is 59.4 Å². The molecule has 0 saturated carbocycles. The van der Waals surface area contributed by atoms with Crippen LogP contribution >= 0.6 is 0 Å². The van der Waals surface area contributed by atoms with Crippen molar-refractivity contribution in [2.24, 2.45) is 11.2 Å². The van der Waals surface area contributed by atoms with Crippen LogP contribution in [0.4, 0.5) is 13.2 Å². The van der Waals surface area contributed by atoms with Crippen molar-refractivity contribution in [2.75, 3.05) is 7.05 Å². The summed E-state index contributed by atoms with van der Waals surface area (Å²) in [7, 11) is -3.38. The molecule has 1 heterocycles. The summed E-state index contributed by atoms with van der Waals surface area (Å²) in [5.41, 5.74) is 1.04. The molecule has 0 radical (unpaired) electrons.